The van der Waals surface area contributed by atoms with Gasteiger partial charge in [-0.25, -0.2) is 9.97 Å². The summed E-state index contributed by atoms with van der Waals surface area (Å²) in [5.74, 6) is 1.57. The average Bonchev–Trinajstić information content (AvgIpc) is 3.44. The van der Waals surface area contributed by atoms with Crippen molar-refractivity contribution in [1.29, 1.82) is 0 Å². The van der Waals surface area contributed by atoms with Gasteiger partial charge in [-0.1, -0.05) is 39.0 Å². The summed E-state index contributed by atoms with van der Waals surface area (Å²) in [4.78, 5) is 29.5. The van der Waals surface area contributed by atoms with E-state index in [0.29, 0.717) is 39.6 Å². The Labute approximate surface area is 216 Å². The first-order chi connectivity index (χ1) is 18.4. The van der Waals surface area contributed by atoms with Crippen molar-refractivity contribution in [2.75, 3.05) is 0 Å². The standard InChI is InChI=1S/C30H23N5O3/c1-30(2,3)17-13-24(35-22-9-5-4-7-19(22)20-8-6-11-31-27(20)35)34-25(14-17)37-18-15-21-26-23(36)10-12-32-29(26)38-28(21)33-16-18/h4-16H,1-3H3,(H,32,36). The molecule has 0 aliphatic heterocycles. The number of nitrogens with zero attached hydrogens (tertiary/aromatic N) is 4. The molecule has 186 valence electrons. The van der Waals surface area contributed by atoms with E-state index in [2.05, 4.69) is 59.6 Å². The summed E-state index contributed by atoms with van der Waals surface area (Å²) in [6, 6.07) is 19.5. The van der Waals surface area contributed by atoms with E-state index in [4.69, 9.17) is 19.1 Å². The first kappa shape index (κ1) is 22.2. The number of ether oxygens (including phenoxy) is 1. The van der Waals surface area contributed by atoms with Crippen LogP contribution in [-0.2, 0) is 5.41 Å². The first-order valence-corrected chi connectivity index (χ1v) is 12.3. The molecule has 38 heavy (non-hydrogen) atoms. The van der Waals surface area contributed by atoms with Crippen molar-refractivity contribution in [3.05, 3.63) is 95.0 Å². The average molecular weight is 502 g/mol. The summed E-state index contributed by atoms with van der Waals surface area (Å²) < 4.78 is 14.1. The van der Waals surface area contributed by atoms with Crippen LogP contribution in [0, 0.1) is 0 Å². The number of rotatable bonds is 3. The number of para-hydroxylation sites is 1. The molecule has 0 aliphatic rings. The fourth-order valence-corrected chi connectivity index (χ4v) is 4.88. The third kappa shape index (κ3) is 3.45. The lowest BCUT2D eigenvalue weighted by molar-refractivity contribution is 0.456. The van der Waals surface area contributed by atoms with Crippen LogP contribution in [0.4, 0.5) is 0 Å². The monoisotopic (exact) mass is 501 g/mol. The van der Waals surface area contributed by atoms with Gasteiger partial charge in [-0.3, -0.25) is 9.36 Å². The predicted octanol–water partition coefficient (Wildman–Crippen LogP) is 6.65. The lowest BCUT2D eigenvalue weighted by atomic mass is 9.87. The van der Waals surface area contributed by atoms with Gasteiger partial charge in [0.15, 0.2) is 5.43 Å². The van der Waals surface area contributed by atoms with Crippen molar-refractivity contribution in [1.82, 2.24) is 24.5 Å². The zero-order valence-corrected chi connectivity index (χ0v) is 21.0. The third-order valence-electron chi connectivity index (χ3n) is 6.76. The van der Waals surface area contributed by atoms with Crippen molar-refractivity contribution in [2.45, 2.75) is 26.2 Å². The molecular weight excluding hydrogens is 478 g/mol. The second-order valence-electron chi connectivity index (χ2n) is 10.3. The molecule has 0 atom stereocenters. The molecule has 6 aromatic heterocycles. The van der Waals surface area contributed by atoms with Crippen molar-refractivity contribution < 1.29 is 9.15 Å². The van der Waals surface area contributed by atoms with Crippen molar-refractivity contribution in [3.8, 4) is 17.4 Å². The summed E-state index contributed by atoms with van der Waals surface area (Å²) in [7, 11) is 0. The summed E-state index contributed by atoms with van der Waals surface area (Å²) in [5, 5.41) is 3.18. The van der Waals surface area contributed by atoms with Crippen LogP contribution in [0.1, 0.15) is 26.3 Å². The van der Waals surface area contributed by atoms with Gasteiger partial charge in [0.05, 0.1) is 22.5 Å². The van der Waals surface area contributed by atoms with E-state index in [9.17, 15) is 4.79 Å². The molecule has 0 aliphatic carbocycles. The predicted molar refractivity (Wildman–Crippen MR) is 147 cm³/mol. The van der Waals surface area contributed by atoms with Gasteiger partial charge in [0.2, 0.25) is 17.3 Å². The van der Waals surface area contributed by atoms with Gasteiger partial charge < -0.3 is 14.1 Å². The molecule has 0 fully saturated rings. The van der Waals surface area contributed by atoms with E-state index >= 15 is 0 Å². The molecule has 0 amide bonds. The molecule has 7 rings (SSSR count). The van der Waals surface area contributed by atoms with E-state index in [1.54, 1.807) is 24.7 Å². The van der Waals surface area contributed by atoms with Crippen molar-refractivity contribution >= 4 is 44.1 Å². The first-order valence-electron chi connectivity index (χ1n) is 12.3. The molecule has 7 aromatic rings. The Morgan fingerprint density at radius 1 is 0.947 bits per heavy atom. The highest BCUT2D eigenvalue weighted by atomic mass is 16.5. The molecular formula is C30H23N5O3. The minimum Gasteiger partial charge on any atom is -0.437 e. The maximum atomic E-state index is 12.5. The molecule has 0 bridgehead atoms. The summed E-state index contributed by atoms with van der Waals surface area (Å²) in [5.41, 5.74) is 3.32. The number of hydrogen-bond acceptors (Lipinski definition) is 6. The molecule has 6 heterocycles. The molecule has 0 spiro atoms. The molecule has 0 radical (unpaired) electrons. The highest BCUT2D eigenvalue weighted by Gasteiger charge is 2.21. The number of hydrogen-bond donors (Lipinski definition) is 1. The van der Waals surface area contributed by atoms with Crippen molar-refractivity contribution in [3.63, 3.8) is 0 Å². The SMILES string of the molecule is CC(C)(C)c1cc(Oc2cnc3oc4[nH]ccc(=O)c4c3c2)nc(-n2c3ccccc3c3cccnc32)c1. The minimum atomic E-state index is -0.168. The van der Waals surface area contributed by atoms with Crippen molar-refractivity contribution in [2.24, 2.45) is 0 Å². The van der Waals surface area contributed by atoms with Crippen LogP contribution in [-0.4, -0.2) is 24.5 Å². The molecule has 8 nitrogen and oxygen atoms in total. The largest absolute Gasteiger partial charge is 0.437 e. The third-order valence-corrected chi connectivity index (χ3v) is 6.76. The molecule has 0 unspecified atom stereocenters. The Bertz CT molecular complexity index is 2020. The van der Waals surface area contributed by atoms with Gasteiger partial charge >= 0.3 is 0 Å². The Balaban J connectivity index is 1.42. The smallest absolute Gasteiger partial charge is 0.229 e. The van der Waals surface area contributed by atoms with Gasteiger partial charge in [0.1, 0.15) is 17.2 Å². The normalized spacial score (nSPS) is 12.2. The van der Waals surface area contributed by atoms with E-state index in [1.165, 1.54) is 6.07 Å². The summed E-state index contributed by atoms with van der Waals surface area (Å²) >= 11 is 0. The fourth-order valence-electron chi connectivity index (χ4n) is 4.88. The van der Waals surface area contributed by atoms with Crippen LogP contribution < -0.4 is 10.2 Å². The molecule has 0 saturated heterocycles. The van der Waals surface area contributed by atoms with Crippen LogP contribution in [0.2, 0.25) is 0 Å². The Morgan fingerprint density at radius 2 is 1.79 bits per heavy atom. The Kier molecular flexibility index (Phi) is 4.69. The van der Waals surface area contributed by atoms with Gasteiger partial charge in [-0.2, -0.15) is 4.98 Å². The number of pyridine rings is 4. The lowest BCUT2D eigenvalue weighted by Gasteiger charge is -2.21. The number of nitrogens with one attached hydrogen (secondary N) is 1. The fraction of sp³-hybridized carbons (Fsp3) is 0.133. The van der Waals surface area contributed by atoms with E-state index in [-0.39, 0.29) is 10.8 Å². The number of H-pyrrole nitrogens is 1. The van der Waals surface area contributed by atoms with E-state index in [1.807, 2.05) is 24.3 Å². The van der Waals surface area contributed by atoms with Gasteiger partial charge in [0.25, 0.3) is 0 Å². The number of aromatic nitrogens is 5. The zero-order valence-electron chi connectivity index (χ0n) is 21.0. The Hall–Kier alpha value is -4.98. The second kappa shape index (κ2) is 8.01. The number of fused-ring (bicyclic) bond motifs is 6. The maximum Gasteiger partial charge on any atom is 0.229 e. The number of benzene rings is 1. The van der Waals surface area contributed by atoms with Crippen LogP contribution in [0.3, 0.4) is 0 Å². The Morgan fingerprint density at radius 3 is 2.66 bits per heavy atom. The topological polar surface area (TPSA) is 98.8 Å². The zero-order chi connectivity index (χ0) is 26.0. The lowest BCUT2D eigenvalue weighted by Crippen LogP contribution is -2.13. The highest BCUT2D eigenvalue weighted by molar-refractivity contribution is 6.07. The van der Waals surface area contributed by atoms with Gasteiger partial charge in [0, 0.05) is 35.3 Å². The second-order valence-corrected chi connectivity index (χ2v) is 10.3. The molecule has 0 saturated carbocycles. The summed E-state index contributed by atoms with van der Waals surface area (Å²) in [6.07, 6.45) is 4.92. The van der Waals surface area contributed by atoms with E-state index in [0.717, 1.165) is 27.5 Å². The van der Waals surface area contributed by atoms with Crippen LogP contribution in [0.15, 0.2) is 88.5 Å². The van der Waals surface area contributed by atoms with Crippen LogP contribution >= 0.6 is 0 Å². The van der Waals surface area contributed by atoms with Crippen LogP contribution in [0.5, 0.6) is 11.6 Å². The number of furan rings is 1. The molecule has 8 heteroatoms. The quantitative estimate of drug-likeness (QED) is 0.291. The molecule has 1 aromatic carbocycles. The summed E-state index contributed by atoms with van der Waals surface area (Å²) in [6.45, 7) is 6.45. The maximum absolute atomic E-state index is 12.5. The van der Waals surface area contributed by atoms with E-state index < -0.39 is 0 Å². The van der Waals surface area contributed by atoms with Gasteiger partial charge in [-0.15, -0.1) is 0 Å². The van der Waals surface area contributed by atoms with Gasteiger partial charge in [-0.05, 0) is 41.3 Å². The highest BCUT2D eigenvalue weighted by Crippen LogP contribution is 2.35. The number of aromatic amines is 1. The van der Waals surface area contributed by atoms with Crippen LogP contribution in [0.25, 0.3) is 50.0 Å². The molecule has 1 N–H and O–H groups in total. The minimum absolute atomic E-state index is 0.148.